The fourth-order valence-corrected chi connectivity index (χ4v) is 1.04. The van der Waals surface area contributed by atoms with E-state index in [4.69, 9.17) is 28.8 Å². The Bertz CT molecular complexity index is 428. The molecule has 88 valence electrons. The maximum atomic E-state index is 12.8. The lowest BCUT2D eigenvalue weighted by Gasteiger charge is -1.94. The molecule has 0 saturated heterocycles. The standard InChI is InChI=1S/C8H9ClFN5.ClH/c9-5-3-4(1-2-6(5)10)14-8(13)15-7(11)12;/h1-3H,(H6,11,12,13,14,15);1H. The summed E-state index contributed by atoms with van der Waals surface area (Å²) in [6.45, 7) is 0. The molecule has 0 fully saturated rings. The molecule has 7 N–H and O–H groups in total. The maximum Gasteiger partial charge on any atom is 0.316 e. The minimum Gasteiger partial charge on any atom is -1.00 e. The first-order valence-corrected chi connectivity index (χ1v) is 4.31. The number of benzene rings is 1. The smallest absolute Gasteiger partial charge is 0.316 e. The van der Waals surface area contributed by atoms with Crippen molar-refractivity contribution in [3.63, 3.8) is 0 Å². The van der Waals surface area contributed by atoms with Gasteiger partial charge in [0.1, 0.15) is 11.5 Å². The van der Waals surface area contributed by atoms with Crippen molar-refractivity contribution >= 4 is 29.2 Å². The highest BCUT2D eigenvalue weighted by molar-refractivity contribution is 6.31. The number of nitrogens with zero attached hydrogens (tertiary/aromatic N) is 1. The fourth-order valence-electron chi connectivity index (χ4n) is 0.870. The fraction of sp³-hybridized carbons (Fsp3) is 0. The van der Waals surface area contributed by atoms with E-state index < -0.39 is 5.82 Å². The van der Waals surface area contributed by atoms with Gasteiger partial charge in [0.05, 0.1) is 5.02 Å². The van der Waals surface area contributed by atoms with E-state index in [1.54, 1.807) is 0 Å². The molecule has 5 nitrogen and oxygen atoms in total. The third-order valence-corrected chi connectivity index (χ3v) is 1.71. The average molecular weight is 266 g/mol. The van der Waals surface area contributed by atoms with Gasteiger partial charge in [-0.15, -0.1) is 4.99 Å². The van der Waals surface area contributed by atoms with E-state index in [2.05, 4.69) is 9.98 Å². The van der Waals surface area contributed by atoms with E-state index >= 15 is 0 Å². The Morgan fingerprint density at radius 1 is 1.31 bits per heavy atom. The largest absolute Gasteiger partial charge is 1.00 e. The number of nitrogens with two attached hydrogens (primary N) is 3. The van der Waals surface area contributed by atoms with Crippen LogP contribution in [-0.4, -0.2) is 11.9 Å². The molecule has 0 aliphatic carbocycles. The second-order valence-corrected chi connectivity index (χ2v) is 3.08. The molecule has 0 atom stereocenters. The minimum absolute atomic E-state index is 0. The molecule has 1 rings (SSSR count). The predicted octanol–water partition coefficient (Wildman–Crippen LogP) is -4.22. The van der Waals surface area contributed by atoms with Crippen LogP contribution in [0.4, 0.5) is 10.1 Å². The van der Waals surface area contributed by atoms with Gasteiger partial charge in [-0.1, -0.05) is 11.6 Å². The molecule has 0 bridgehead atoms. The van der Waals surface area contributed by atoms with Gasteiger partial charge in [-0.05, 0) is 18.2 Å². The van der Waals surface area contributed by atoms with Crippen molar-refractivity contribution in [1.29, 1.82) is 0 Å². The highest BCUT2D eigenvalue weighted by atomic mass is 35.5. The summed E-state index contributed by atoms with van der Waals surface area (Å²) >= 11 is 5.54. The van der Waals surface area contributed by atoms with Gasteiger partial charge in [0, 0.05) is 0 Å². The van der Waals surface area contributed by atoms with Crippen LogP contribution in [0.25, 0.3) is 0 Å². The van der Waals surface area contributed by atoms with Crippen molar-refractivity contribution in [3.8, 4) is 0 Å². The number of guanidine groups is 2. The van der Waals surface area contributed by atoms with Gasteiger partial charge < -0.3 is 29.6 Å². The zero-order valence-electron chi connectivity index (χ0n) is 8.05. The van der Waals surface area contributed by atoms with Crippen LogP contribution in [0.2, 0.25) is 5.02 Å². The molecule has 1 aromatic carbocycles. The number of rotatable bonds is 1. The molecule has 0 aliphatic rings. The van der Waals surface area contributed by atoms with Crippen LogP contribution >= 0.6 is 11.6 Å². The Hall–Kier alpha value is -1.53. The molecular formula is C8H10Cl2FN5. The SMILES string of the molecule is NC(=Nc1ccc(F)c(Cl)c1)[NH+]=C(N)N.[Cl-]. The summed E-state index contributed by atoms with van der Waals surface area (Å²) in [6, 6.07) is 3.94. The summed E-state index contributed by atoms with van der Waals surface area (Å²) < 4.78 is 12.8. The first-order valence-electron chi connectivity index (χ1n) is 3.93. The zero-order chi connectivity index (χ0) is 11.4. The van der Waals surface area contributed by atoms with E-state index in [0.29, 0.717) is 5.69 Å². The van der Waals surface area contributed by atoms with Crippen molar-refractivity contribution < 1.29 is 21.8 Å². The van der Waals surface area contributed by atoms with Crippen LogP contribution in [0.15, 0.2) is 23.2 Å². The minimum atomic E-state index is -0.521. The van der Waals surface area contributed by atoms with E-state index in [1.807, 2.05) is 0 Å². The molecule has 0 aliphatic heterocycles. The molecule has 0 radical (unpaired) electrons. The van der Waals surface area contributed by atoms with Gasteiger partial charge in [-0.25, -0.2) is 9.38 Å². The Kier molecular flexibility index (Phi) is 5.55. The van der Waals surface area contributed by atoms with Gasteiger partial charge in [0.25, 0.3) is 5.96 Å². The molecule has 0 saturated carbocycles. The molecule has 16 heavy (non-hydrogen) atoms. The number of hydrogen-bond acceptors (Lipinski definition) is 1. The van der Waals surface area contributed by atoms with Crippen LogP contribution < -0.4 is 34.6 Å². The van der Waals surface area contributed by atoms with Gasteiger partial charge in [-0.2, -0.15) is 0 Å². The first kappa shape index (κ1) is 14.5. The van der Waals surface area contributed by atoms with Gasteiger partial charge in [0.2, 0.25) is 0 Å². The van der Waals surface area contributed by atoms with Gasteiger partial charge in [-0.3, -0.25) is 0 Å². The van der Waals surface area contributed by atoms with Crippen LogP contribution in [-0.2, 0) is 0 Å². The van der Waals surface area contributed by atoms with Crippen molar-refractivity contribution in [2.75, 3.05) is 0 Å². The number of halogens is 3. The van der Waals surface area contributed by atoms with E-state index in [9.17, 15) is 4.39 Å². The van der Waals surface area contributed by atoms with Gasteiger partial charge in [0.15, 0.2) is 0 Å². The maximum absolute atomic E-state index is 12.8. The molecule has 0 heterocycles. The number of nitrogens with one attached hydrogen (secondary N) is 1. The van der Waals surface area contributed by atoms with Crippen LogP contribution in [0, 0.1) is 5.82 Å². The summed E-state index contributed by atoms with van der Waals surface area (Å²) in [6.07, 6.45) is 0. The van der Waals surface area contributed by atoms with Crippen LogP contribution in [0.5, 0.6) is 0 Å². The Balaban J connectivity index is 0.00000225. The summed E-state index contributed by atoms with van der Waals surface area (Å²) in [5.74, 6) is -0.603. The third kappa shape index (κ3) is 4.33. The molecule has 0 amide bonds. The van der Waals surface area contributed by atoms with Crippen molar-refractivity contribution in [3.05, 3.63) is 29.0 Å². The lowest BCUT2D eigenvalue weighted by Crippen LogP contribution is -3.00. The first-order chi connectivity index (χ1) is 6.99. The molecule has 8 heteroatoms. The highest BCUT2D eigenvalue weighted by Crippen LogP contribution is 2.20. The molecule has 0 unspecified atom stereocenters. The van der Waals surface area contributed by atoms with Crippen LogP contribution in [0.3, 0.4) is 0 Å². The van der Waals surface area contributed by atoms with Crippen LogP contribution in [0.1, 0.15) is 0 Å². The van der Waals surface area contributed by atoms with Crippen molar-refractivity contribution in [2.45, 2.75) is 0 Å². The highest BCUT2D eigenvalue weighted by Gasteiger charge is 2.02. The van der Waals surface area contributed by atoms with Gasteiger partial charge >= 0.3 is 5.96 Å². The Morgan fingerprint density at radius 3 is 2.44 bits per heavy atom. The second kappa shape index (κ2) is 6.14. The summed E-state index contributed by atoms with van der Waals surface area (Å²) in [5.41, 5.74) is 16.1. The second-order valence-electron chi connectivity index (χ2n) is 2.68. The predicted molar refractivity (Wildman–Crippen MR) is 57.0 cm³/mol. The summed E-state index contributed by atoms with van der Waals surface area (Å²) in [5, 5.41) is -0.0336. The topological polar surface area (TPSA) is 104 Å². The monoisotopic (exact) mass is 265 g/mol. The Morgan fingerprint density at radius 2 is 1.94 bits per heavy atom. The Labute approximate surface area is 103 Å². The van der Waals surface area contributed by atoms with Crippen molar-refractivity contribution in [1.82, 2.24) is 0 Å². The quantitative estimate of drug-likeness (QED) is 0.306. The van der Waals surface area contributed by atoms with E-state index in [1.165, 1.54) is 18.2 Å². The zero-order valence-corrected chi connectivity index (χ0v) is 9.56. The summed E-state index contributed by atoms with van der Waals surface area (Å²) in [7, 11) is 0. The lowest BCUT2D eigenvalue weighted by molar-refractivity contribution is -0.320. The molecular weight excluding hydrogens is 256 g/mol. The average Bonchev–Trinajstić information content (AvgIpc) is 2.10. The number of aliphatic imine (C=N–C) groups is 1. The lowest BCUT2D eigenvalue weighted by atomic mass is 10.3. The summed E-state index contributed by atoms with van der Waals surface area (Å²) in [4.78, 5) is 6.24. The molecule has 1 aromatic rings. The normalized spacial score (nSPS) is 10.5. The van der Waals surface area contributed by atoms with Crippen molar-refractivity contribution in [2.24, 2.45) is 22.2 Å². The van der Waals surface area contributed by atoms with E-state index in [0.717, 1.165) is 0 Å². The molecule has 0 aromatic heterocycles. The molecule has 0 spiro atoms. The number of hydrogen-bond donors (Lipinski definition) is 4. The van der Waals surface area contributed by atoms with E-state index in [-0.39, 0.29) is 29.3 Å². The third-order valence-electron chi connectivity index (χ3n) is 1.43.